The van der Waals surface area contributed by atoms with Gasteiger partial charge in [0.05, 0.1) is 16.6 Å². The molecule has 0 bridgehead atoms. The van der Waals surface area contributed by atoms with Gasteiger partial charge in [0.25, 0.3) is 0 Å². The molecule has 0 fully saturated rings. The number of benzene rings is 5. The van der Waals surface area contributed by atoms with Crippen LogP contribution in [0.2, 0.25) is 0 Å². The molecule has 0 amide bonds. The summed E-state index contributed by atoms with van der Waals surface area (Å²) in [5.74, 6) is 0. The molecular weight excluding hydrogens is 424 g/mol. The molecular formula is C33H20N2. The lowest BCUT2D eigenvalue weighted by molar-refractivity contribution is 1.21. The van der Waals surface area contributed by atoms with Crippen LogP contribution in [-0.2, 0) is 12.8 Å². The molecule has 0 unspecified atom stereocenters. The van der Waals surface area contributed by atoms with Gasteiger partial charge in [-0.3, -0.25) is 4.40 Å². The molecule has 5 aromatic carbocycles. The van der Waals surface area contributed by atoms with E-state index >= 15 is 0 Å². The van der Waals surface area contributed by atoms with Gasteiger partial charge in [-0.05, 0) is 75.4 Å². The summed E-state index contributed by atoms with van der Waals surface area (Å²) in [6.45, 7) is 0. The molecule has 2 heterocycles. The Bertz CT molecular complexity index is 2060. The van der Waals surface area contributed by atoms with Crippen LogP contribution in [0.5, 0.6) is 0 Å². The first-order chi connectivity index (χ1) is 17.3. The Morgan fingerprint density at radius 3 is 2.20 bits per heavy atom. The van der Waals surface area contributed by atoms with Crippen molar-refractivity contribution in [3.05, 3.63) is 119 Å². The van der Waals surface area contributed by atoms with E-state index in [1.54, 1.807) is 0 Å². The zero-order chi connectivity index (χ0) is 22.7. The highest BCUT2D eigenvalue weighted by Crippen LogP contribution is 2.47. The SMILES string of the molecule is c1ccc2c(c1)Cc1cc3c(cc1-2)-c1c(ccc2c1nc1c4ccccc4c4ccccc4n21)C3. The normalized spacial score (nSPS) is 13.5. The van der Waals surface area contributed by atoms with Gasteiger partial charge in [0.2, 0.25) is 0 Å². The first kappa shape index (κ1) is 18.0. The van der Waals surface area contributed by atoms with Crippen LogP contribution in [0, 0.1) is 0 Å². The van der Waals surface area contributed by atoms with Crippen molar-refractivity contribution in [2.24, 2.45) is 0 Å². The number of hydrogen-bond donors (Lipinski definition) is 0. The molecule has 0 saturated carbocycles. The average molecular weight is 445 g/mol. The minimum Gasteiger partial charge on any atom is -0.292 e. The number of aromatic nitrogens is 2. The lowest BCUT2D eigenvalue weighted by atomic mass is 9.97. The second-order valence-corrected chi connectivity index (χ2v) is 9.98. The first-order valence-electron chi connectivity index (χ1n) is 12.3. The van der Waals surface area contributed by atoms with Gasteiger partial charge in [0.15, 0.2) is 0 Å². The number of hydrogen-bond acceptors (Lipinski definition) is 1. The van der Waals surface area contributed by atoms with E-state index in [0.29, 0.717) is 0 Å². The molecule has 2 aliphatic carbocycles. The zero-order valence-corrected chi connectivity index (χ0v) is 19.0. The zero-order valence-electron chi connectivity index (χ0n) is 19.0. The average Bonchev–Trinajstić information content (AvgIpc) is 3.58. The number of imidazole rings is 1. The first-order valence-corrected chi connectivity index (χ1v) is 12.3. The van der Waals surface area contributed by atoms with Crippen molar-refractivity contribution in [1.29, 1.82) is 0 Å². The van der Waals surface area contributed by atoms with E-state index in [1.165, 1.54) is 71.7 Å². The summed E-state index contributed by atoms with van der Waals surface area (Å²) in [6, 6.07) is 35.8. The highest BCUT2D eigenvalue weighted by Gasteiger charge is 2.28. The van der Waals surface area contributed by atoms with E-state index in [4.69, 9.17) is 4.98 Å². The van der Waals surface area contributed by atoms with Gasteiger partial charge in [0, 0.05) is 16.3 Å². The van der Waals surface area contributed by atoms with Crippen LogP contribution in [0.4, 0.5) is 0 Å². The van der Waals surface area contributed by atoms with Crippen molar-refractivity contribution in [1.82, 2.24) is 9.38 Å². The number of fused-ring (bicyclic) bond motifs is 15. The molecule has 0 spiro atoms. The maximum absolute atomic E-state index is 5.36. The molecule has 2 aliphatic rings. The highest BCUT2D eigenvalue weighted by molar-refractivity contribution is 6.15. The van der Waals surface area contributed by atoms with Crippen LogP contribution >= 0.6 is 0 Å². The smallest absolute Gasteiger partial charge is 0.146 e. The molecule has 0 saturated heterocycles. The van der Waals surface area contributed by atoms with E-state index in [-0.39, 0.29) is 0 Å². The molecule has 0 N–H and O–H groups in total. The molecule has 9 rings (SSSR count). The van der Waals surface area contributed by atoms with Crippen LogP contribution in [0.1, 0.15) is 22.3 Å². The van der Waals surface area contributed by atoms with Crippen LogP contribution in [0.15, 0.2) is 97.1 Å². The fraction of sp³-hybridized carbons (Fsp3) is 0.0606. The Hall–Kier alpha value is -4.43. The lowest BCUT2D eigenvalue weighted by Crippen LogP contribution is -1.91. The monoisotopic (exact) mass is 444 g/mol. The van der Waals surface area contributed by atoms with Crippen molar-refractivity contribution >= 4 is 38.4 Å². The predicted molar refractivity (Wildman–Crippen MR) is 144 cm³/mol. The Labute approximate surface area is 202 Å². The van der Waals surface area contributed by atoms with Gasteiger partial charge in [0.1, 0.15) is 5.65 Å². The summed E-state index contributed by atoms with van der Waals surface area (Å²) in [5.41, 5.74) is 15.8. The Morgan fingerprint density at radius 2 is 1.26 bits per heavy atom. The Balaban J connectivity index is 1.42. The molecule has 162 valence electrons. The van der Waals surface area contributed by atoms with E-state index < -0.39 is 0 Å². The van der Waals surface area contributed by atoms with Gasteiger partial charge in [-0.2, -0.15) is 0 Å². The minimum atomic E-state index is 0.986. The molecule has 2 aromatic heterocycles. The van der Waals surface area contributed by atoms with Crippen LogP contribution in [-0.4, -0.2) is 9.38 Å². The summed E-state index contributed by atoms with van der Waals surface area (Å²) in [6.07, 6.45) is 2.02. The number of pyridine rings is 1. The third kappa shape index (κ3) is 2.18. The van der Waals surface area contributed by atoms with Gasteiger partial charge < -0.3 is 0 Å². The van der Waals surface area contributed by atoms with Crippen LogP contribution in [0.25, 0.3) is 60.6 Å². The second-order valence-electron chi connectivity index (χ2n) is 9.98. The molecule has 35 heavy (non-hydrogen) atoms. The fourth-order valence-electron chi connectivity index (χ4n) is 6.69. The predicted octanol–water partition coefficient (Wildman–Crippen LogP) is 7.94. The third-order valence-corrected chi connectivity index (χ3v) is 8.18. The van der Waals surface area contributed by atoms with Crippen molar-refractivity contribution in [3.8, 4) is 22.3 Å². The van der Waals surface area contributed by atoms with Gasteiger partial charge in [-0.25, -0.2) is 4.98 Å². The standard InChI is InChI=1S/C33H20N2/c1-2-8-23-19(7-1)15-21-17-22-16-20-13-14-30-32(31(20)28(22)18-27(21)23)34-33-26-11-4-3-9-24(26)25-10-5-6-12-29(25)35(30)33/h1-14,17-18H,15-16H2. The van der Waals surface area contributed by atoms with Crippen molar-refractivity contribution in [2.45, 2.75) is 12.8 Å². The third-order valence-electron chi connectivity index (χ3n) is 8.18. The molecule has 0 radical (unpaired) electrons. The topological polar surface area (TPSA) is 17.3 Å². The van der Waals surface area contributed by atoms with Gasteiger partial charge in [-0.15, -0.1) is 0 Å². The Morgan fingerprint density at radius 1 is 0.514 bits per heavy atom. The number of nitrogens with zero attached hydrogens (tertiary/aromatic N) is 2. The molecule has 2 nitrogen and oxygen atoms in total. The van der Waals surface area contributed by atoms with Crippen molar-refractivity contribution < 1.29 is 0 Å². The summed E-state index contributed by atoms with van der Waals surface area (Å²) < 4.78 is 2.37. The molecule has 7 aromatic rings. The maximum Gasteiger partial charge on any atom is 0.146 e. The molecule has 0 atom stereocenters. The second kappa shape index (κ2) is 6.17. The number of para-hydroxylation sites is 1. The lowest BCUT2D eigenvalue weighted by Gasteiger charge is -2.09. The molecule has 0 aliphatic heterocycles. The largest absolute Gasteiger partial charge is 0.292 e. The quantitative estimate of drug-likeness (QED) is 0.217. The van der Waals surface area contributed by atoms with Crippen LogP contribution in [0.3, 0.4) is 0 Å². The summed E-state index contributed by atoms with van der Waals surface area (Å²) in [4.78, 5) is 5.36. The maximum atomic E-state index is 5.36. The van der Waals surface area contributed by atoms with Crippen molar-refractivity contribution in [3.63, 3.8) is 0 Å². The molecule has 2 heteroatoms. The van der Waals surface area contributed by atoms with E-state index in [2.05, 4.69) is 101 Å². The van der Waals surface area contributed by atoms with E-state index in [0.717, 1.165) is 24.0 Å². The van der Waals surface area contributed by atoms with Crippen molar-refractivity contribution in [2.75, 3.05) is 0 Å². The van der Waals surface area contributed by atoms with Gasteiger partial charge in [-0.1, -0.05) is 78.9 Å². The minimum absolute atomic E-state index is 0.986. The summed E-state index contributed by atoms with van der Waals surface area (Å²) in [7, 11) is 0. The van der Waals surface area contributed by atoms with Crippen LogP contribution < -0.4 is 0 Å². The fourth-order valence-corrected chi connectivity index (χ4v) is 6.69. The van der Waals surface area contributed by atoms with E-state index in [1.807, 2.05) is 0 Å². The number of rotatable bonds is 0. The summed E-state index contributed by atoms with van der Waals surface area (Å²) in [5, 5.41) is 3.74. The van der Waals surface area contributed by atoms with E-state index in [9.17, 15) is 0 Å². The Kier molecular flexibility index (Phi) is 3.16. The van der Waals surface area contributed by atoms with Gasteiger partial charge >= 0.3 is 0 Å². The summed E-state index contributed by atoms with van der Waals surface area (Å²) >= 11 is 0. The highest BCUT2D eigenvalue weighted by atomic mass is 15.0.